The molecule has 0 saturated carbocycles. The topological polar surface area (TPSA) is 94.9 Å². The maximum absolute atomic E-state index is 15.8. The largest absolute Gasteiger partial charge is 0.354 e. The third-order valence-electron chi connectivity index (χ3n) is 9.24. The van der Waals surface area contributed by atoms with Crippen LogP contribution in [0, 0.1) is 12.7 Å². The molecule has 10 nitrogen and oxygen atoms in total. The highest BCUT2D eigenvalue weighted by atomic mass is 35.5. The average Bonchev–Trinajstić information content (AvgIpc) is 3.03. The summed E-state index contributed by atoms with van der Waals surface area (Å²) >= 11 is 7.06. The Balaban J connectivity index is 1.75. The van der Waals surface area contributed by atoms with Gasteiger partial charge in [0.2, 0.25) is 5.91 Å². The summed E-state index contributed by atoms with van der Waals surface area (Å²) in [5.41, 5.74) is 3.58. The summed E-state index contributed by atoms with van der Waals surface area (Å²) in [7, 11) is 5.36. The predicted molar refractivity (Wildman–Crippen MR) is 188 cm³/mol. The lowest BCUT2D eigenvalue weighted by Crippen LogP contribution is -2.66. The first-order valence-electron chi connectivity index (χ1n) is 15.9. The average molecular weight is 672 g/mol. The van der Waals surface area contributed by atoms with E-state index in [9.17, 15) is 14.4 Å². The monoisotopic (exact) mass is 671 g/mol. The van der Waals surface area contributed by atoms with Crippen LogP contribution in [0.1, 0.15) is 43.5 Å². The van der Waals surface area contributed by atoms with E-state index in [1.165, 1.54) is 21.6 Å². The molecule has 0 bridgehead atoms. The molecule has 0 aliphatic carbocycles. The third kappa shape index (κ3) is 5.25. The van der Waals surface area contributed by atoms with Crippen LogP contribution in [0.25, 0.3) is 28.0 Å². The van der Waals surface area contributed by atoms with Crippen LogP contribution in [0.2, 0.25) is 5.02 Å². The molecule has 0 spiro atoms. The number of carbonyl (C=O) groups excluding carboxylic acids is 2. The molecule has 2 atom stereocenters. The second-order valence-electron chi connectivity index (χ2n) is 13.2. The fourth-order valence-electron chi connectivity index (χ4n) is 7.01. The van der Waals surface area contributed by atoms with Crippen molar-refractivity contribution < 1.29 is 14.0 Å². The van der Waals surface area contributed by atoms with Crippen molar-refractivity contribution in [1.29, 1.82) is 0 Å². The Bertz CT molecular complexity index is 2060. The highest BCUT2D eigenvalue weighted by Crippen LogP contribution is 2.44. The first-order chi connectivity index (χ1) is 22.8. The maximum Gasteiger partial charge on any atom is 0.283 e. The summed E-state index contributed by atoms with van der Waals surface area (Å²) in [5, 5.41) is 0.707. The molecule has 0 unspecified atom stereocenters. The molecular weight excluding hydrogens is 633 g/mol. The van der Waals surface area contributed by atoms with E-state index in [1.54, 1.807) is 30.3 Å². The van der Waals surface area contributed by atoms with Gasteiger partial charge in [-0.15, -0.1) is 0 Å². The van der Waals surface area contributed by atoms with E-state index in [0.29, 0.717) is 34.6 Å². The number of hydrogen-bond donors (Lipinski definition) is 0. The Labute approximate surface area is 284 Å². The number of nitrogens with zero attached hydrogens (tertiary/aromatic N) is 7. The summed E-state index contributed by atoms with van der Waals surface area (Å²) in [6, 6.07) is 7.34. The predicted octanol–water partition coefficient (Wildman–Crippen LogP) is 5.30. The van der Waals surface area contributed by atoms with Crippen molar-refractivity contribution >= 4 is 45.8 Å². The van der Waals surface area contributed by atoms with E-state index < -0.39 is 17.4 Å². The Kier molecular flexibility index (Phi) is 8.63. The van der Waals surface area contributed by atoms with Gasteiger partial charge >= 0.3 is 0 Å². The van der Waals surface area contributed by atoms with Gasteiger partial charge in [-0.2, -0.15) is 0 Å². The number of hydrogen-bond acceptors (Lipinski definition) is 7. The van der Waals surface area contributed by atoms with Crippen LogP contribution in [-0.4, -0.2) is 82.5 Å². The highest BCUT2D eigenvalue weighted by Gasteiger charge is 2.46. The van der Waals surface area contributed by atoms with Crippen LogP contribution in [0.3, 0.4) is 0 Å². The van der Waals surface area contributed by atoms with E-state index in [2.05, 4.69) is 11.6 Å². The zero-order valence-electron chi connectivity index (χ0n) is 28.2. The van der Waals surface area contributed by atoms with Gasteiger partial charge in [-0.05, 0) is 69.3 Å². The Morgan fingerprint density at radius 2 is 1.90 bits per heavy atom. The summed E-state index contributed by atoms with van der Waals surface area (Å²) in [6.45, 7) is 12.2. The molecule has 2 aliphatic rings. The van der Waals surface area contributed by atoms with Crippen molar-refractivity contribution in [1.82, 2.24) is 24.3 Å². The number of likely N-dealkylation sites (N-methyl/N-ethyl adjacent to an activating group) is 1. The van der Waals surface area contributed by atoms with Crippen molar-refractivity contribution in [2.75, 3.05) is 44.0 Å². The van der Waals surface area contributed by atoms with Crippen molar-refractivity contribution in [3.05, 3.63) is 87.2 Å². The molecule has 6 rings (SSSR count). The fraction of sp³-hybridized carbons (Fsp3) is 0.361. The van der Waals surface area contributed by atoms with Gasteiger partial charge in [-0.25, -0.2) is 9.37 Å². The number of pyridine rings is 3. The second-order valence-corrected chi connectivity index (χ2v) is 13.6. The van der Waals surface area contributed by atoms with E-state index in [0.717, 1.165) is 5.56 Å². The van der Waals surface area contributed by atoms with E-state index in [1.807, 2.05) is 63.7 Å². The molecule has 2 aliphatic heterocycles. The lowest BCUT2D eigenvalue weighted by Gasteiger charge is -2.49. The molecule has 1 aromatic carbocycles. The van der Waals surface area contributed by atoms with E-state index in [-0.39, 0.29) is 64.5 Å². The minimum Gasteiger partial charge on any atom is -0.354 e. The summed E-state index contributed by atoms with van der Waals surface area (Å²) in [4.78, 5) is 58.3. The van der Waals surface area contributed by atoms with Crippen molar-refractivity contribution in [3.63, 3.8) is 0 Å². The summed E-state index contributed by atoms with van der Waals surface area (Å²) < 4.78 is 17.3. The molecule has 12 heteroatoms. The molecule has 3 aromatic heterocycles. The van der Waals surface area contributed by atoms with Crippen molar-refractivity contribution in [3.8, 4) is 16.9 Å². The molecule has 4 aromatic rings. The first kappa shape index (κ1) is 33.3. The van der Waals surface area contributed by atoms with Crippen LogP contribution in [0.15, 0.2) is 54.0 Å². The molecular formula is C36H39ClFN7O3. The number of fused-ring (bicyclic) bond motifs is 5. The number of rotatable bonds is 6. The van der Waals surface area contributed by atoms with Gasteiger partial charge in [0.1, 0.15) is 17.5 Å². The second kappa shape index (κ2) is 12.4. The Hall–Kier alpha value is -4.61. The SMILES string of the molecule is C=CC(=O)N1C[C@@H]2C(=O)N(C)c3c(c4cc(Cl)c(-c5c(F)cccc5CN(C)C)nc4n(-c4c(C)ccnc4C(C)C)c3=O)N2C[C@H]1C. The van der Waals surface area contributed by atoms with Crippen LogP contribution in [0.4, 0.5) is 15.8 Å². The zero-order chi connectivity index (χ0) is 34.8. The summed E-state index contributed by atoms with van der Waals surface area (Å²) in [6.07, 6.45) is 2.94. The lowest BCUT2D eigenvalue weighted by atomic mass is 9.97. The smallest absolute Gasteiger partial charge is 0.283 e. The first-order valence-corrected chi connectivity index (χ1v) is 16.3. The van der Waals surface area contributed by atoms with Gasteiger partial charge in [0, 0.05) is 43.3 Å². The number of carbonyl (C=O) groups is 2. The normalized spacial score (nSPS) is 17.7. The van der Waals surface area contributed by atoms with Crippen molar-refractivity contribution in [2.45, 2.75) is 52.2 Å². The standard InChI is InChI=1S/C36H39ClFN7O3/c1-9-27(46)43-18-26-35(47)42(8)33-32(44(26)16-21(43)5)23-15-24(37)30(28-22(17-41(6)7)11-10-12-25(28)38)40-34(23)45(36(33)48)31-20(4)13-14-39-29(31)19(2)3/h9-15,19,21,26H,1,16-18H2,2-8H3/t21-,26-/m1/s1. The number of halogens is 2. The van der Waals surface area contributed by atoms with Gasteiger partial charge in [0.25, 0.3) is 11.5 Å². The quantitative estimate of drug-likeness (QED) is 0.257. The number of amides is 2. The summed E-state index contributed by atoms with van der Waals surface area (Å²) in [5.74, 6) is -1.15. The van der Waals surface area contributed by atoms with Crippen LogP contribution >= 0.6 is 11.6 Å². The van der Waals surface area contributed by atoms with Gasteiger partial charge in [-0.1, -0.05) is 44.2 Å². The van der Waals surface area contributed by atoms with Gasteiger partial charge in [-0.3, -0.25) is 23.9 Å². The molecule has 5 heterocycles. The molecule has 48 heavy (non-hydrogen) atoms. The molecule has 2 amide bonds. The molecule has 250 valence electrons. The molecule has 0 N–H and O–H groups in total. The number of aryl methyl sites for hydroxylation is 1. The van der Waals surface area contributed by atoms with Crippen LogP contribution in [0.5, 0.6) is 0 Å². The zero-order valence-corrected chi connectivity index (χ0v) is 29.0. The minimum absolute atomic E-state index is 0.0667. The molecule has 1 fully saturated rings. The van der Waals surface area contributed by atoms with Gasteiger partial charge in [0.05, 0.1) is 34.3 Å². The minimum atomic E-state index is -0.760. The number of anilines is 2. The highest BCUT2D eigenvalue weighted by molar-refractivity contribution is 6.34. The number of aromatic nitrogens is 3. The van der Waals surface area contributed by atoms with E-state index >= 15 is 4.39 Å². The molecule has 1 saturated heterocycles. The third-order valence-corrected chi connectivity index (χ3v) is 9.52. The number of piperazine rings is 1. The fourth-order valence-corrected chi connectivity index (χ4v) is 7.26. The van der Waals surface area contributed by atoms with Crippen LogP contribution < -0.4 is 15.4 Å². The van der Waals surface area contributed by atoms with Crippen molar-refractivity contribution in [2.24, 2.45) is 0 Å². The lowest BCUT2D eigenvalue weighted by molar-refractivity contribution is -0.130. The van der Waals surface area contributed by atoms with Gasteiger partial charge in [0.15, 0.2) is 5.65 Å². The van der Waals surface area contributed by atoms with Crippen LogP contribution in [-0.2, 0) is 16.1 Å². The number of benzene rings is 1. The maximum atomic E-state index is 15.8. The molecule has 0 radical (unpaired) electrons. The Morgan fingerprint density at radius 3 is 2.56 bits per heavy atom. The van der Waals surface area contributed by atoms with Gasteiger partial charge < -0.3 is 19.6 Å². The van der Waals surface area contributed by atoms with E-state index in [4.69, 9.17) is 16.6 Å². The Morgan fingerprint density at radius 1 is 1.17 bits per heavy atom.